The lowest BCUT2D eigenvalue weighted by molar-refractivity contribution is -0.137. The summed E-state index contributed by atoms with van der Waals surface area (Å²) in [5, 5.41) is 10.1. The van der Waals surface area contributed by atoms with E-state index in [9.17, 15) is 4.79 Å². The van der Waals surface area contributed by atoms with E-state index in [0.29, 0.717) is 12.3 Å². The fourth-order valence-corrected chi connectivity index (χ4v) is 3.38. The van der Waals surface area contributed by atoms with Crippen LogP contribution in [0.25, 0.3) is 10.9 Å². The van der Waals surface area contributed by atoms with Crippen LogP contribution in [0, 0.1) is 12.8 Å². The SMILES string of the molecule is Cc1[nH]c2ccccc2c1CN1CCC(CCC(=O)O)C1. The quantitative estimate of drug-likeness (QED) is 0.887. The molecule has 21 heavy (non-hydrogen) atoms. The zero-order valence-corrected chi connectivity index (χ0v) is 12.4. The minimum absolute atomic E-state index is 0.296. The Kier molecular flexibility index (Phi) is 3.97. The average Bonchev–Trinajstić information content (AvgIpc) is 3.02. The van der Waals surface area contributed by atoms with Crippen LogP contribution in [0.3, 0.4) is 0 Å². The molecule has 112 valence electrons. The summed E-state index contributed by atoms with van der Waals surface area (Å²) < 4.78 is 0. The molecule has 2 aromatic rings. The number of nitrogens with one attached hydrogen (secondary N) is 1. The Hall–Kier alpha value is -1.81. The van der Waals surface area contributed by atoms with E-state index >= 15 is 0 Å². The number of rotatable bonds is 5. The van der Waals surface area contributed by atoms with Crippen molar-refractivity contribution in [3.8, 4) is 0 Å². The van der Waals surface area contributed by atoms with E-state index in [1.165, 1.54) is 22.2 Å². The highest BCUT2D eigenvalue weighted by molar-refractivity contribution is 5.84. The number of H-pyrrole nitrogens is 1. The fraction of sp³-hybridized carbons (Fsp3) is 0.471. The monoisotopic (exact) mass is 286 g/mol. The second-order valence-electron chi connectivity index (χ2n) is 6.10. The number of nitrogens with zero attached hydrogens (tertiary/aromatic N) is 1. The summed E-state index contributed by atoms with van der Waals surface area (Å²) in [5.41, 5.74) is 3.82. The number of benzene rings is 1. The van der Waals surface area contributed by atoms with E-state index < -0.39 is 5.97 Å². The Balaban J connectivity index is 1.67. The lowest BCUT2D eigenvalue weighted by atomic mass is 10.0. The van der Waals surface area contributed by atoms with Gasteiger partial charge >= 0.3 is 5.97 Å². The molecule has 0 aliphatic carbocycles. The Morgan fingerprint density at radius 1 is 1.43 bits per heavy atom. The Morgan fingerprint density at radius 3 is 3.05 bits per heavy atom. The van der Waals surface area contributed by atoms with Gasteiger partial charge in [-0.1, -0.05) is 18.2 Å². The van der Waals surface area contributed by atoms with Crippen LogP contribution in [-0.2, 0) is 11.3 Å². The van der Waals surface area contributed by atoms with Gasteiger partial charge in [-0.05, 0) is 43.9 Å². The number of carboxylic acid groups (broad SMARTS) is 1. The van der Waals surface area contributed by atoms with E-state index in [4.69, 9.17) is 5.11 Å². The molecule has 1 aliphatic heterocycles. The molecular weight excluding hydrogens is 264 g/mol. The second kappa shape index (κ2) is 5.90. The van der Waals surface area contributed by atoms with Gasteiger partial charge in [0.15, 0.2) is 0 Å². The number of fused-ring (bicyclic) bond motifs is 1. The molecule has 0 bridgehead atoms. The van der Waals surface area contributed by atoms with Crippen LogP contribution in [0.5, 0.6) is 0 Å². The van der Waals surface area contributed by atoms with Crippen molar-refractivity contribution in [1.29, 1.82) is 0 Å². The van der Waals surface area contributed by atoms with Crippen LogP contribution in [0.15, 0.2) is 24.3 Å². The molecule has 2 heterocycles. The average molecular weight is 286 g/mol. The highest BCUT2D eigenvalue weighted by Crippen LogP contribution is 2.27. The molecule has 0 radical (unpaired) electrons. The van der Waals surface area contributed by atoms with E-state index in [-0.39, 0.29) is 0 Å². The third-order valence-electron chi connectivity index (χ3n) is 4.55. The van der Waals surface area contributed by atoms with Gasteiger partial charge in [-0.25, -0.2) is 0 Å². The zero-order valence-electron chi connectivity index (χ0n) is 12.4. The minimum atomic E-state index is -0.680. The zero-order chi connectivity index (χ0) is 14.8. The summed E-state index contributed by atoms with van der Waals surface area (Å²) >= 11 is 0. The first-order chi connectivity index (χ1) is 10.1. The molecule has 0 amide bonds. The number of para-hydroxylation sites is 1. The van der Waals surface area contributed by atoms with Crippen molar-refractivity contribution >= 4 is 16.9 Å². The number of hydrogen-bond acceptors (Lipinski definition) is 2. The molecule has 1 aliphatic rings. The van der Waals surface area contributed by atoms with Gasteiger partial charge in [0.2, 0.25) is 0 Å². The largest absolute Gasteiger partial charge is 0.481 e. The second-order valence-corrected chi connectivity index (χ2v) is 6.10. The molecule has 1 atom stereocenters. The van der Waals surface area contributed by atoms with E-state index in [0.717, 1.165) is 32.5 Å². The molecule has 2 N–H and O–H groups in total. The van der Waals surface area contributed by atoms with Gasteiger partial charge in [-0.3, -0.25) is 9.69 Å². The number of aryl methyl sites for hydroxylation is 1. The molecule has 1 unspecified atom stereocenters. The molecule has 3 rings (SSSR count). The normalized spacial score (nSPS) is 19.4. The predicted molar refractivity (Wildman–Crippen MR) is 83.3 cm³/mol. The van der Waals surface area contributed by atoms with Crippen LogP contribution in [0.4, 0.5) is 0 Å². The van der Waals surface area contributed by atoms with Crippen LogP contribution < -0.4 is 0 Å². The van der Waals surface area contributed by atoms with Crippen LogP contribution in [0.1, 0.15) is 30.5 Å². The van der Waals surface area contributed by atoms with Crippen molar-refractivity contribution in [1.82, 2.24) is 9.88 Å². The summed E-state index contributed by atoms with van der Waals surface area (Å²) in [7, 11) is 0. The number of carbonyl (C=O) groups is 1. The smallest absolute Gasteiger partial charge is 0.303 e. The standard InChI is InChI=1S/C17H22N2O2/c1-12-15(14-4-2-3-5-16(14)18-12)11-19-9-8-13(10-19)6-7-17(20)21/h2-5,13,18H,6-11H2,1H3,(H,20,21). The van der Waals surface area contributed by atoms with Gasteiger partial charge in [0.1, 0.15) is 0 Å². The molecule has 1 saturated heterocycles. The Morgan fingerprint density at radius 2 is 2.24 bits per heavy atom. The number of likely N-dealkylation sites (tertiary alicyclic amines) is 1. The molecule has 0 spiro atoms. The van der Waals surface area contributed by atoms with Crippen molar-refractivity contribution in [3.63, 3.8) is 0 Å². The van der Waals surface area contributed by atoms with Crippen LogP contribution in [0.2, 0.25) is 0 Å². The van der Waals surface area contributed by atoms with Crippen molar-refractivity contribution < 1.29 is 9.90 Å². The van der Waals surface area contributed by atoms with Crippen molar-refractivity contribution in [2.45, 2.75) is 32.7 Å². The van der Waals surface area contributed by atoms with Crippen LogP contribution >= 0.6 is 0 Å². The first-order valence-corrected chi connectivity index (χ1v) is 7.64. The number of aromatic nitrogens is 1. The summed E-state index contributed by atoms with van der Waals surface area (Å²) in [6.07, 6.45) is 2.22. The molecule has 4 heteroatoms. The molecule has 1 fully saturated rings. The maximum atomic E-state index is 10.7. The van der Waals surface area contributed by atoms with Gasteiger partial charge in [0.05, 0.1) is 0 Å². The van der Waals surface area contributed by atoms with Crippen LogP contribution in [-0.4, -0.2) is 34.0 Å². The first kappa shape index (κ1) is 14.1. The number of aromatic amines is 1. The Bertz CT molecular complexity index is 647. The molecule has 1 aromatic heterocycles. The number of carboxylic acids is 1. The third kappa shape index (κ3) is 3.10. The topological polar surface area (TPSA) is 56.3 Å². The maximum absolute atomic E-state index is 10.7. The van der Waals surface area contributed by atoms with Gasteiger partial charge in [0, 0.05) is 36.1 Å². The highest BCUT2D eigenvalue weighted by atomic mass is 16.4. The fourth-order valence-electron chi connectivity index (χ4n) is 3.38. The number of hydrogen-bond donors (Lipinski definition) is 2. The summed E-state index contributed by atoms with van der Waals surface area (Å²) in [6.45, 7) is 5.18. The summed E-state index contributed by atoms with van der Waals surface area (Å²) in [5.74, 6) is -0.146. The van der Waals surface area contributed by atoms with Crippen molar-refractivity contribution in [2.75, 3.05) is 13.1 Å². The van der Waals surface area contributed by atoms with E-state index in [1.807, 2.05) is 0 Å². The molecule has 0 saturated carbocycles. The lowest BCUT2D eigenvalue weighted by Gasteiger charge is -2.16. The number of aliphatic carboxylic acids is 1. The third-order valence-corrected chi connectivity index (χ3v) is 4.55. The Labute approximate surface area is 124 Å². The predicted octanol–water partition coefficient (Wildman–Crippen LogP) is 3.16. The van der Waals surface area contributed by atoms with E-state index in [1.54, 1.807) is 0 Å². The maximum Gasteiger partial charge on any atom is 0.303 e. The van der Waals surface area contributed by atoms with Gasteiger partial charge in [-0.2, -0.15) is 0 Å². The van der Waals surface area contributed by atoms with E-state index in [2.05, 4.69) is 41.1 Å². The minimum Gasteiger partial charge on any atom is -0.481 e. The van der Waals surface area contributed by atoms with Crippen molar-refractivity contribution in [3.05, 3.63) is 35.5 Å². The van der Waals surface area contributed by atoms with Crippen molar-refractivity contribution in [2.24, 2.45) is 5.92 Å². The highest BCUT2D eigenvalue weighted by Gasteiger charge is 2.24. The molecule has 4 nitrogen and oxygen atoms in total. The molecule has 1 aromatic carbocycles. The van der Waals surface area contributed by atoms with Gasteiger partial charge in [-0.15, -0.1) is 0 Å². The summed E-state index contributed by atoms with van der Waals surface area (Å²) in [4.78, 5) is 16.6. The first-order valence-electron chi connectivity index (χ1n) is 7.64. The lowest BCUT2D eigenvalue weighted by Crippen LogP contribution is -2.20. The van der Waals surface area contributed by atoms with Gasteiger partial charge in [0.25, 0.3) is 0 Å². The molecular formula is C17H22N2O2. The van der Waals surface area contributed by atoms with Gasteiger partial charge < -0.3 is 10.1 Å². The summed E-state index contributed by atoms with van der Waals surface area (Å²) in [6, 6.07) is 8.43.